The molecule has 1 unspecified atom stereocenters. The molecule has 1 aromatic heterocycles. The Morgan fingerprint density at radius 2 is 1.94 bits per heavy atom. The minimum Gasteiger partial charge on any atom is -0.481 e. The maximum atomic E-state index is 11.3. The van der Waals surface area contributed by atoms with Crippen molar-refractivity contribution in [1.29, 1.82) is 0 Å². The summed E-state index contributed by atoms with van der Waals surface area (Å²) < 4.78 is 0. The molecule has 0 aliphatic heterocycles. The van der Waals surface area contributed by atoms with Gasteiger partial charge in [0, 0.05) is 12.4 Å². The van der Waals surface area contributed by atoms with Crippen LogP contribution in [0.4, 0.5) is 0 Å². The standard InChI is InChI=1S/C13H12N2O2/c16-13(17)12(8-1-2-8)9-3-4-10-11(7-9)15-6-5-14-10/h3-8,12H,1-2H2,(H,16,17). The molecule has 1 aliphatic carbocycles. The summed E-state index contributed by atoms with van der Waals surface area (Å²) in [5.74, 6) is -0.834. The zero-order valence-electron chi connectivity index (χ0n) is 9.21. The van der Waals surface area contributed by atoms with E-state index in [-0.39, 0.29) is 5.92 Å². The summed E-state index contributed by atoms with van der Waals surface area (Å²) in [6, 6.07) is 5.55. The average molecular weight is 228 g/mol. The average Bonchev–Trinajstić information content (AvgIpc) is 3.13. The number of rotatable bonds is 3. The number of carbonyl (C=O) groups is 1. The van der Waals surface area contributed by atoms with E-state index in [1.54, 1.807) is 12.4 Å². The van der Waals surface area contributed by atoms with Crippen LogP contribution >= 0.6 is 0 Å². The van der Waals surface area contributed by atoms with E-state index in [1.807, 2.05) is 18.2 Å². The third-order valence-electron chi connectivity index (χ3n) is 3.21. The largest absolute Gasteiger partial charge is 0.481 e. The van der Waals surface area contributed by atoms with E-state index in [2.05, 4.69) is 9.97 Å². The number of fused-ring (bicyclic) bond motifs is 1. The van der Waals surface area contributed by atoms with Gasteiger partial charge in [-0.3, -0.25) is 14.8 Å². The van der Waals surface area contributed by atoms with Gasteiger partial charge >= 0.3 is 5.97 Å². The Morgan fingerprint density at radius 1 is 1.24 bits per heavy atom. The zero-order chi connectivity index (χ0) is 11.8. The summed E-state index contributed by atoms with van der Waals surface area (Å²) in [7, 11) is 0. The summed E-state index contributed by atoms with van der Waals surface area (Å²) in [6.07, 6.45) is 5.28. The molecule has 1 atom stereocenters. The lowest BCUT2D eigenvalue weighted by Gasteiger charge is -2.11. The van der Waals surface area contributed by atoms with Gasteiger partial charge in [0.2, 0.25) is 0 Å². The van der Waals surface area contributed by atoms with Crippen LogP contribution < -0.4 is 0 Å². The molecule has 1 N–H and O–H groups in total. The van der Waals surface area contributed by atoms with Gasteiger partial charge in [0.05, 0.1) is 17.0 Å². The number of aliphatic carboxylic acids is 1. The summed E-state index contributed by atoms with van der Waals surface area (Å²) in [6.45, 7) is 0. The Balaban J connectivity index is 2.07. The van der Waals surface area contributed by atoms with Gasteiger partial charge in [-0.25, -0.2) is 0 Å². The topological polar surface area (TPSA) is 63.1 Å². The molecular weight excluding hydrogens is 216 g/mol. The molecule has 86 valence electrons. The Bertz CT molecular complexity index is 578. The van der Waals surface area contributed by atoms with E-state index in [0.29, 0.717) is 5.92 Å². The maximum Gasteiger partial charge on any atom is 0.311 e. The third-order valence-corrected chi connectivity index (χ3v) is 3.21. The number of hydrogen-bond acceptors (Lipinski definition) is 3. The van der Waals surface area contributed by atoms with Crippen molar-refractivity contribution >= 4 is 17.0 Å². The fourth-order valence-electron chi connectivity index (χ4n) is 2.22. The van der Waals surface area contributed by atoms with E-state index in [0.717, 1.165) is 29.4 Å². The van der Waals surface area contributed by atoms with Crippen LogP contribution in [-0.4, -0.2) is 21.0 Å². The molecule has 2 aromatic rings. The second-order valence-electron chi connectivity index (χ2n) is 4.46. The second kappa shape index (κ2) is 3.80. The third kappa shape index (κ3) is 1.86. The first-order chi connectivity index (χ1) is 8.25. The molecule has 4 nitrogen and oxygen atoms in total. The van der Waals surface area contributed by atoms with E-state index in [4.69, 9.17) is 0 Å². The molecular formula is C13H12N2O2. The lowest BCUT2D eigenvalue weighted by Crippen LogP contribution is -2.13. The van der Waals surface area contributed by atoms with Gasteiger partial charge in [0.15, 0.2) is 0 Å². The van der Waals surface area contributed by atoms with Crippen molar-refractivity contribution in [1.82, 2.24) is 9.97 Å². The second-order valence-corrected chi connectivity index (χ2v) is 4.46. The van der Waals surface area contributed by atoms with E-state index in [9.17, 15) is 9.90 Å². The van der Waals surface area contributed by atoms with Crippen molar-refractivity contribution in [2.24, 2.45) is 5.92 Å². The molecule has 0 bridgehead atoms. The summed E-state index contributed by atoms with van der Waals surface area (Å²) >= 11 is 0. The van der Waals surface area contributed by atoms with Crippen molar-refractivity contribution in [2.75, 3.05) is 0 Å². The van der Waals surface area contributed by atoms with E-state index >= 15 is 0 Å². The smallest absolute Gasteiger partial charge is 0.311 e. The molecule has 1 aromatic carbocycles. The molecule has 1 saturated carbocycles. The van der Waals surface area contributed by atoms with Crippen molar-refractivity contribution in [3.05, 3.63) is 36.2 Å². The molecule has 4 heteroatoms. The molecule has 3 rings (SSSR count). The van der Waals surface area contributed by atoms with Crippen LogP contribution in [0, 0.1) is 5.92 Å². The van der Waals surface area contributed by atoms with Crippen LogP contribution in [0.2, 0.25) is 0 Å². The molecule has 0 amide bonds. The Labute approximate surface area is 98.3 Å². The van der Waals surface area contributed by atoms with Crippen molar-refractivity contribution < 1.29 is 9.90 Å². The lowest BCUT2D eigenvalue weighted by molar-refractivity contribution is -0.139. The highest BCUT2D eigenvalue weighted by molar-refractivity contribution is 5.81. The van der Waals surface area contributed by atoms with Crippen LogP contribution in [0.15, 0.2) is 30.6 Å². The van der Waals surface area contributed by atoms with Gasteiger partial charge in [0.1, 0.15) is 0 Å². The molecule has 17 heavy (non-hydrogen) atoms. The van der Waals surface area contributed by atoms with Gasteiger partial charge in [0.25, 0.3) is 0 Å². The Kier molecular flexibility index (Phi) is 2.28. The predicted octanol–water partition coefficient (Wildman–Crippen LogP) is 2.21. The highest BCUT2D eigenvalue weighted by atomic mass is 16.4. The van der Waals surface area contributed by atoms with Crippen LogP contribution in [-0.2, 0) is 4.79 Å². The summed E-state index contributed by atoms with van der Waals surface area (Å²) in [5, 5.41) is 9.27. The maximum absolute atomic E-state index is 11.3. The monoisotopic (exact) mass is 228 g/mol. The van der Waals surface area contributed by atoms with E-state index < -0.39 is 5.97 Å². The number of hydrogen-bond donors (Lipinski definition) is 1. The van der Waals surface area contributed by atoms with Gasteiger partial charge in [-0.2, -0.15) is 0 Å². The first kappa shape index (κ1) is 10.2. The normalized spacial score (nSPS) is 16.9. The van der Waals surface area contributed by atoms with Crippen LogP contribution in [0.5, 0.6) is 0 Å². The Morgan fingerprint density at radius 3 is 2.59 bits per heavy atom. The molecule has 1 aliphatic rings. The lowest BCUT2D eigenvalue weighted by atomic mass is 9.94. The molecule has 0 radical (unpaired) electrons. The fraction of sp³-hybridized carbons (Fsp3) is 0.308. The quantitative estimate of drug-likeness (QED) is 0.874. The van der Waals surface area contributed by atoms with Crippen LogP contribution in [0.25, 0.3) is 11.0 Å². The number of nitrogens with zero attached hydrogens (tertiary/aromatic N) is 2. The minimum atomic E-state index is -0.740. The van der Waals surface area contributed by atoms with Gasteiger partial charge < -0.3 is 5.11 Å². The highest BCUT2D eigenvalue weighted by Crippen LogP contribution is 2.43. The van der Waals surface area contributed by atoms with Gasteiger partial charge in [-0.1, -0.05) is 6.07 Å². The number of carboxylic acid groups (broad SMARTS) is 1. The fourth-order valence-corrected chi connectivity index (χ4v) is 2.22. The van der Waals surface area contributed by atoms with Crippen molar-refractivity contribution in [2.45, 2.75) is 18.8 Å². The molecule has 1 fully saturated rings. The summed E-state index contributed by atoms with van der Waals surface area (Å²) in [5.41, 5.74) is 2.40. The summed E-state index contributed by atoms with van der Waals surface area (Å²) in [4.78, 5) is 19.7. The Hall–Kier alpha value is -1.97. The number of benzene rings is 1. The van der Waals surface area contributed by atoms with Crippen LogP contribution in [0.3, 0.4) is 0 Å². The first-order valence-electron chi connectivity index (χ1n) is 5.69. The number of carboxylic acids is 1. The SMILES string of the molecule is O=C(O)C(c1ccc2nccnc2c1)C1CC1. The molecule has 0 saturated heterocycles. The number of aromatic nitrogens is 2. The van der Waals surface area contributed by atoms with Crippen molar-refractivity contribution in [3.63, 3.8) is 0 Å². The van der Waals surface area contributed by atoms with Gasteiger partial charge in [-0.15, -0.1) is 0 Å². The van der Waals surface area contributed by atoms with Crippen LogP contribution in [0.1, 0.15) is 24.3 Å². The molecule has 0 spiro atoms. The zero-order valence-corrected chi connectivity index (χ0v) is 9.21. The minimum absolute atomic E-state index is 0.293. The predicted molar refractivity (Wildman–Crippen MR) is 62.6 cm³/mol. The highest BCUT2D eigenvalue weighted by Gasteiger charge is 2.37. The molecule has 1 heterocycles. The van der Waals surface area contributed by atoms with E-state index in [1.165, 1.54) is 0 Å². The van der Waals surface area contributed by atoms with Gasteiger partial charge in [-0.05, 0) is 36.5 Å². The first-order valence-corrected chi connectivity index (χ1v) is 5.69. The van der Waals surface area contributed by atoms with Crippen molar-refractivity contribution in [3.8, 4) is 0 Å².